The molecule has 0 aliphatic rings. The molecule has 0 aliphatic heterocycles. The first-order valence-electron chi connectivity index (χ1n) is 7.26. The second kappa shape index (κ2) is 7.78. The van der Waals surface area contributed by atoms with E-state index in [0.717, 1.165) is 9.87 Å². The number of sulfonamides is 1. The number of hydrogen-bond donors (Lipinski definition) is 1. The maximum atomic E-state index is 12.4. The van der Waals surface area contributed by atoms with Gasteiger partial charge in [0.05, 0.1) is 7.11 Å². The van der Waals surface area contributed by atoms with Crippen molar-refractivity contribution in [2.75, 3.05) is 26.5 Å². The van der Waals surface area contributed by atoms with Gasteiger partial charge in [0.25, 0.3) is 0 Å². The Labute approximate surface area is 146 Å². The van der Waals surface area contributed by atoms with Crippen LogP contribution in [0.2, 0.25) is 0 Å². The third kappa shape index (κ3) is 4.34. The van der Waals surface area contributed by atoms with E-state index in [2.05, 4.69) is 5.32 Å². The van der Waals surface area contributed by atoms with Gasteiger partial charge in [-0.2, -0.15) is 11.3 Å². The molecule has 0 unspecified atom stereocenters. The van der Waals surface area contributed by atoms with Crippen molar-refractivity contribution in [3.63, 3.8) is 0 Å². The van der Waals surface area contributed by atoms with E-state index in [1.807, 2.05) is 16.8 Å². The van der Waals surface area contributed by atoms with Gasteiger partial charge in [-0.1, -0.05) is 0 Å². The molecule has 0 radical (unpaired) electrons. The first-order valence-corrected chi connectivity index (χ1v) is 9.64. The second-order valence-corrected chi connectivity index (χ2v) is 8.23. The van der Waals surface area contributed by atoms with Gasteiger partial charge in [0.2, 0.25) is 15.9 Å². The molecule has 8 heteroatoms. The maximum Gasteiger partial charge on any atom is 0.246 e. The lowest BCUT2D eigenvalue weighted by Crippen LogP contribution is -2.23. The van der Waals surface area contributed by atoms with Crippen LogP contribution < -0.4 is 10.1 Å². The van der Waals surface area contributed by atoms with E-state index < -0.39 is 10.0 Å². The number of rotatable bonds is 7. The van der Waals surface area contributed by atoms with Crippen LogP contribution in [0, 0.1) is 0 Å². The Morgan fingerprint density at radius 3 is 2.62 bits per heavy atom. The van der Waals surface area contributed by atoms with Crippen LogP contribution in [-0.4, -0.2) is 39.8 Å². The average Bonchev–Trinajstić information content (AvgIpc) is 3.06. The molecule has 0 bridgehead atoms. The van der Waals surface area contributed by atoms with E-state index in [1.54, 1.807) is 17.4 Å². The first kappa shape index (κ1) is 18.4. The van der Waals surface area contributed by atoms with Crippen molar-refractivity contribution in [3.8, 4) is 5.75 Å². The van der Waals surface area contributed by atoms with Crippen LogP contribution in [0.15, 0.2) is 39.9 Å². The van der Waals surface area contributed by atoms with Crippen LogP contribution in [0.4, 0.5) is 5.69 Å². The van der Waals surface area contributed by atoms with Crippen molar-refractivity contribution in [2.45, 2.75) is 17.7 Å². The Hall–Kier alpha value is -1.90. The largest absolute Gasteiger partial charge is 0.495 e. The van der Waals surface area contributed by atoms with Crippen LogP contribution in [0.3, 0.4) is 0 Å². The molecule has 0 spiro atoms. The van der Waals surface area contributed by atoms with Gasteiger partial charge in [0, 0.05) is 26.2 Å². The fourth-order valence-electron chi connectivity index (χ4n) is 2.07. The summed E-state index contributed by atoms with van der Waals surface area (Å²) in [5.74, 6) is 0.0690. The van der Waals surface area contributed by atoms with E-state index in [-0.39, 0.29) is 16.6 Å². The minimum atomic E-state index is -3.67. The summed E-state index contributed by atoms with van der Waals surface area (Å²) in [7, 11) is 0.629. The van der Waals surface area contributed by atoms with Crippen LogP contribution in [0.5, 0.6) is 5.75 Å². The van der Waals surface area contributed by atoms with Crippen molar-refractivity contribution in [1.29, 1.82) is 0 Å². The number of carbonyl (C=O) groups excluding carboxylic acids is 1. The molecule has 0 aliphatic carbocycles. The number of nitrogens with zero attached hydrogens (tertiary/aromatic N) is 1. The number of aryl methyl sites for hydroxylation is 1. The van der Waals surface area contributed by atoms with E-state index >= 15 is 0 Å². The zero-order valence-corrected chi connectivity index (χ0v) is 15.4. The number of hydrogen-bond acceptors (Lipinski definition) is 5. The van der Waals surface area contributed by atoms with Crippen LogP contribution in [0.1, 0.15) is 12.0 Å². The summed E-state index contributed by atoms with van der Waals surface area (Å²) in [6.07, 6.45) is 0.979. The predicted molar refractivity (Wildman–Crippen MR) is 95.1 cm³/mol. The SMILES string of the molecule is COc1ccc(NC(=O)CCc2ccsc2)cc1S(=O)(=O)N(C)C. The summed E-state index contributed by atoms with van der Waals surface area (Å²) < 4.78 is 31.0. The number of thiophene rings is 1. The topological polar surface area (TPSA) is 75.7 Å². The highest BCUT2D eigenvalue weighted by Crippen LogP contribution is 2.28. The van der Waals surface area contributed by atoms with Crippen molar-refractivity contribution in [2.24, 2.45) is 0 Å². The average molecular weight is 368 g/mol. The summed E-state index contributed by atoms with van der Waals surface area (Å²) in [4.78, 5) is 12.1. The highest BCUT2D eigenvalue weighted by Gasteiger charge is 2.23. The fraction of sp³-hybridized carbons (Fsp3) is 0.312. The van der Waals surface area contributed by atoms with E-state index in [1.165, 1.54) is 33.3 Å². The third-order valence-electron chi connectivity index (χ3n) is 3.43. The lowest BCUT2D eigenvalue weighted by molar-refractivity contribution is -0.116. The van der Waals surface area contributed by atoms with Gasteiger partial charge in [0.1, 0.15) is 10.6 Å². The quantitative estimate of drug-likeness (QED) is 0.815. The van der Waals surface area contributed by atoms with Crippen LogP contribution in [0.25, 0.3) is 0 Å². The number of amides is 1. The Kier molecular flexibility index (Phi) is 5.98. The Bertz CT molecular complexity index is 799. The van der Waals surface area contributed by atoms with Crippen LogP contribution >= 0.6 is 11.3 Å². The normalized spacial score (nSPS) is 11.5. The lowest BCUT2D eigenvalue weighted by atomic mass is 10.2. The Morgan fingerprint density at radius 2 is 2.04 bits per heavy atom. The zero-order valence-electron chi connectivity index (χ0n) is 13.8. The van der Waals surface area contributed by atoms with Crippen LogP contribution in [-0.2, 0) is 21.2 Å². The molecule has 1 aromatic carbocycles. The number of carbonyl (C=O) groups is 1. The van der Waals surface area contributed by atoms with Gasteiger partial charge in [-0.15, -0.1) is 0 Å². The number of ether oxygens (including phenoxy) is 1. The van der Waals surface area contributed by atoms with Crippen molar-refractivity contribution in [1.82, 2.24) is 4.31 Å². The molecule has 0 fully saturated rings. The molecule has 1 amide bonds. The molecule has 130 valence electrons. The van der Waals surface area contributed by atoms with Gasteiger partial charge >= 0.3 is 0 Å². The highest BCUT2D eigenvalue weighted by atomic mass is 32.2. The molecule has 1 heterocycles. The van der Waals surface area contributed by atoms with E-state index in [9.17, 15) is 13.2 Å². The Morgan fingerprint density at radius 1 is 1.29 bits per heavy atom. The van der Waals surface area contributed by atoms with Crippen molar-refractivity contribution in [3.05, 3.63) is 40.6 Å². The fourth-order valence-corrected chi connectivity index (χ4v) is 3.85. The number of nitrogens with one attached hydrogen (secondary N) is 1. The van der Waals surface area contributed by atoms with Crippen molar-refractivity contribution >= 4 is 33.0 Å². The molecule has 1 aromatic heterocycles. The minimum absolute atomic E-state index is 0.0191. The number of benzene rings is 1. The highest BCUT2D eigenvalue weighted by molar-refractivity contribution is 7.89. The predicted octanol–water partition coefficient (Wildman–Crippen LogP) is 2.58. The van der Waals surface area contributed by atoms with E-state index in [0.29, 0.717) is 18.5 Å². The molecule has 0 atom stereocenters. The second-order valence-electron chi connectivity index (χ2n) is 5.33. The van der Waals surface area contributed by atoms with Gasteiger partial charge in [-0.05, 0) is 47.0 Å². The summed E-state index contributed by atoms with van der Waals surface area (Å²) in [5, 5.41) is 6.70. The zero-order chi connectivity index (χ0) is 17.7. The lowest BCUT2D eigenvalue weighted by Gasteiger charge is -2.16. The summed E-state index contributed by atoms with van der Waals surface area (Å²) in [6.45, 7) is 0. The maximum absolute atomic E-state index is 12.4. The van der Waals surface area contributed by atoms with Crippen molar-refractivity contribution < 1.29 is 17.9 Å². The molecule has 24 heavy (non-hydrogen) atoms. The van der Waals surface area contributed by atoms with Gasteiger partial charge in [-0.25, -0.2) is 12.7 Å². The number of methoxy groups -OCH3 is 1. The molecule has 0 saturated heterocycles. The Balaban J connectivity index is 2.15. The smallest absolute Gasteiger partial charge is 0.246 e. The minimum Gasteiger partial charge on any atom is -0.495 e. The molecule has 1 N–H and O–H groups in total. The molecular formula is C16H20N2O4S2. The molecule has 0 saturated carbocycles. The molecule has 2 rings (SSSR count). The molecule has 6 nitrogen and oxygen atoms in total. The first-order chi connectivity index (χ1) is 11.3. The number of anilines is 1. The standard InChI is InChI=1S/C16H20N2O4S2/c1-18(2)24(20,21)15-10-13(5-6-14(15)22-3)17-16(19)7-4-12-8-9-23-11-12/h5-6,8-11H,4,7H2,1-3H3,(H,17,19). The molecular weight excluding hydrogens is 348 g/mol. The van der Waals surface area contributed by atoms with Gasteiger partial charge in [0.15, 0.2) is 0 Å². The summed E-state index contributed by atoms with van der Waals surface area (Å²) in [6, 6.07) is 6.55. The van der Waals surface area contributed by atoms with Gasteiger partial charge < -0.3 is 10.1 Å². The summed E-state index contributed by atoms with van der Waals surface area (Å²) >= 11 is 1.59. The molecule has 2 aromatic rings. The summed E-state index contributed by atoms with van der Waals surface area (Å²) in [5.41, 5.74) is 1.53. The monoisotopic (exact) mass is 368 g/mol. The van der Waals surface area contributed by atoms with Gasteiger partial charge in [-0.3, -0.25) is 4.79 Å². The van der Waals surface area contributed by atoms with E-state index in [4.69, 9.17) is 4.74 Å². The third-order valence-corrected chi connectivity index (χ3v) is 6.00.